The normalized spacial score (nSPS) is 10.1. The molecule has 1 aromatic heterocycles. The van der Waals surface area contributed by atoms with Crippen LogP contribution in [0.3, 0.4) is 0 Å². The average molecular weight is 259 g/mol. The molecule has 0 saturated carbocycles. The molecule has 0 fully saturated rings. The summed E-state index contributed by atoms with van der Waals surface area (Å²) in [5.41, 5.74) is 2.03. The summed E-state index contributed by atoms with van der Waals surface area (Å²) in [5, 5.41) is 9.52. The van der Waals surface area contributed by atoms with Gasteiger partial charge in [-0.15, -0.1) is 0 Å². The molecule has 2 aromatic rings. The summed E-state index contributed by atoms with van der Waals surface area (Å²) in [6.07, 6.45) is 0. The van der Waals surface area contributed by atoms with Crippen molar-refractivity contribution in [2.75, 3.05) is 0 Å². The van der Waals surface area contributed by atoms with Gasteiger partial charge in [0.25, 0.3) is 0 Å². The summed E-state index contributed by atoms with van der Waals surface area (Å²) < 4.78 is 13.0. The highest BCUT2D eigenvalue weighted by Crippen LogP contribution is 2.28. The van der Waals surface area contributed by atoms with E-state index in [1.807, 2.05) is 26.0 Å². The standard InChI is InChI=1S/C13H10FN3S/c1-8-5-9(2)17-13(16-8)18-12-4-3-11(14)6-10(12)7-15/h3-6H,1-2H3. The number of nitrogens with zero attached hydrogens (tertiary/aromatic N) is 3. The number of benzene rings is 1. The second-order valence-electron chi connectivity index (χ2n) is 3.79. The molecular formula is C13H10FN3S. The first-order valence-corrected chi connectivity index (χ1v) is 6.10. The third-order valence-electron chi connectivity index (χ3n) is 2.23. The van der Waals surface area contributed by atoms with Crippen molar-refractivity contribution in [2.45, 2.75) is 23.9 Å². The van der Waals surface area contributed by atoms with E-state index in [9.17, 15) is 4.39 Å². The lowest BCUT2D eigenvalue weighted by Gasteiger charge is -2.04. The first kappa shape index (κ1) is 12.5. The minimum atomic E-state index is -0.419. The third kappa shape index (κ3) is 2.84. The van der Waals surface area contributed by atoms with Crippen LogP contribution < -0.4 is 0 Å². The molecule has 0 amide bonds. The largest absolute Gasteiger partial charge is 0.228 e. The second-order valence-corrected chi connectivity index (χ2v) is 4.80. The van der Waals surface area contributed by atoms with E-state index in [0.29, 0.717) is 15.6 Å². The molecule has 0 atom stereocenters. The molecule has 0 saturated heterocycles. The molecule has 3 nitrogen and oxygen atoms in total. The van der Waals surface area contributed by atoms with Crippen LogP contribution in [0.4, 0.5) is 4.39 Å². The topological polar surface area (TPSA) is 49.6 Å². The van der Waals surface area contributed by atoms with Gasteiger partial charge in [0.2, 0.25) is 0 Å². The SMILES string of the molecule is Cc1cc(C)nc(Sc2ccc(F)cc2C#N)n1. The van der Waals surface area contributed by atoms with Gasteiger partial charge in [-0.05, 0) is 49.9 Å². The van der Waals surface area contributed by atoms with Crippen LogP contribution in [0.5, 0.6) is 0 Å². The van der Waals surface area contributed by atoms with Gasteiger partial charge in [0.05, 0.1) is 5.56 Å². The number of hydrogen-bond acceptors (Lipinski definition) is 4. The maximum Gasteiger partial charge on any atom is 0.192 e. The van der Waals surface area contributed by atoms with Crippen molar-refractivity contribution in [3.63, 3.8) is 0 Å². The fourth-order valence-corrected chi connectivity index (χ4v) is 2.44. The Kier molecular flexibility index (Phi) is 3.58. The van der Waals surface area contributed by atoms with Crippen LogP contribution in [0, 0.1) is 31.0 Å². The van der Waals surface area contributed by atoms with Crippen molar-refractivity contribution in [1.82, 2.24) is 9.97 Å². The average Bonchev–Trinajstić information content (AvgIpc) is 2.30. The van der Waals surface area contributed by atoms with Crippen molar-refractivity contribution < 1.29 is 4.39 Å². The minimum absolute atomic E-state index is 0.294. The number of rotatable bonds is 2. The van der Waals surface area contributed by atoms with E-state index in [2.05, 4.69) is 9.97 Å². The van der Waals surface area contributed by atoms with Crippen LogP contribution in [0.2, 0.25) is 0 Å². The van der Waals surface area contributed by atoms with Crippen LogP contribution in [0.15, 0.2) is 34.3 Å². The summed E-state index contributed by atoms with van der Waals surface area (Å²) in [6.45, 7) is 3.77. The fourth-order valence-electron chi connectivity index (χ4n) is 1.52. The number of halogens is 1. The number of aryl methyl sites for hydroxylation is 2. The van der Waals surface area contributed by atoms with Gasteiger partial charge in [-0.3, -0.25) is 0 Å². The Labute approximate surface area is 109 Å². The van der Waals surface area contributed by atoms with Crippen molar-refractivity contribution >= 4 is 11.8 Å². The molecule has 0 aliphatic heterocycles. The third-order valence-corrected chi connectivity index (χ3v) is 3.17. The van der Waals surface area contributed by atoms with Crippen LogP contribution in [0.25, 0.3) is 0 Å². The molecule has 1 aromatic carbocycles. The predicted octanol–water partition coefficient (Wildman–Crippen LogP) is 3.26. The van der Waals surface area contributed by atoms with Crippen LogP contribution in [0.1, 0.15) is 17.0 Å². The molecule has 18 heavy (non-hydrogen) atoms. The monoisotopic (exact) mass is 259 g/mol. The summed E-state index contributed by atoms with van der Waals surface area (Å²) in [4.78, 5) is 9.21. The molecule has 0 aliphatic rings. The highest BCUT2D eigenvalue weighted by Gasteiger charge is 2.08. The van der Waals surface area contributed by atoms with Crippen molar-refractivity contribution in [3.8, 4) is 6.07 Å². The van der Waals surface area contributed by atoms with Gasteiger partial charge >= 0.3 is 0 Å². The lowest BCUT2D eigenvalue weighted by atomic mass is 10.2. The lowest BCUT2D eigenvalue weighted by molar-refractivity contribution is 0.626. The Morgan fingerprint density at radius 3 is 2.44 bits per heavy atom. The first-order valence-electron chi connectivity index (χ1n) is 5.28. The van der Waals surface area contributed by atoms with Gasteiger partial charge in [-0.1, -0.05) is 0 Å². The van der Waals surface area contributed by atoms with E-state index in [1.165, 1.54) is 23.9 Å². The molecule has 0 radical (unpaired) electrons. The molecule has 5 heteroatoms. The van der Waals surface area contributed by atoms with Gasteiger partial charge in [0.15, 0.2) is 5.16 Å². The van der Waals surface area contributed by atoms with Crippen molar-refractivity contribution in [1.29, 1.82) is 5.26 Å². The Morgan fingerprint density at radius 2 is 1.83 bits per heavy atom. The molecule has 2 rings (SSSR count). The summed E-state index contributed by atoms with van der Waals surface area (Å²) in [6, 6.07) is 7.95. The van der Waals surface area contributed by atoms with Crippen molar-refractivity contribution in [3.05, 3.63) is 47.0 Å². The van der Waals surface area contributed by atoms with Crippen LogP contribution >= 0.6 is 11.8 Å². The Morgan fingerprint density at radius 1 is 1.17 bits per heavy atom. The van der Waals surface area contributed by atoms with Crippen molar-refractivity contribution in [2.24, 2.45) is 0 Å². The fraction of sp³-hybridized carbons (Fsp3) is 0.154. The Bertz CT molecular complexity index is 614. The number of aromatic nitrogens is 2. The number of nitriles is 1. The van der Waals surface area contributed by atoms with Crippen LogP contribution in [-0.4, -0.2) is 9.97 Å². The zero-order chi connectivity index (χ0) is 13.1. The summed E-state index contributed by atoms with van der Waals surface area (Å²) in [7, 11) is 0. The minimum Gasteiger partial charge on any atom is -0.228 e. The maximum absolute atomic E-state index is 13.0. The van der Waals surface area contributed by atoms with Gasteiger partial charge in [0, 0.05) is 16.3 Å². The molecule has 90 valence electrons. The van der Waals surface area contributed by atoms with Gasteiger partial charge in [0.1, 0.15) is 11.9 Å². The van der Waals surface area contributed by atoms with E-state index >= 15 is 0 Å². The molecule has 1 heterocycles. The van der Waals surface area contributed by atoms with E-state index in [4.69, 9.17) is 5.26 Å². The highest BCUT2D eigenvalue weighted by atomic mass is 32.2. The number of hydrogen-bond donors (Lipinski definition) is 0. The zero-order valence-corrected chi connectivity index (χ0v) is 10.8. The van der Waals surface area contributed by atoms with E-state index in [-0.39, 0.29) is 0 Å². The molecule has 0 bridgehead atoms. The summed E-state index contributed by atoms with van der Waals surface area (Å²) in [5.74, 6) is -0.419. The molecule has 0 aliphatic carbocycles. The molecule has 0 spiro atoms. The van der Waals surface area contributed by atoms with Gasteiger partial charge < -0.3 is 0 Å². The maximum atomic E-state index is 13.0. The quantitative estimate of drug-likeness (QED) is 0.777. The zero-order valence-electron chi connectivity index (χ0n) is 9.94. The van der Waals surface area contributed by atoms with Crippen LogP contribution in [-0.2, 0) is 0 Å². The summed E-state index contributed by atoms with van der Waals surface area (Å²) >= 11 is 1.26. The lowest BCUT2D eigenvalue weighted by Crippen LogP contribution is -1.93. The second kappa shape index (κ2) is 5.15. The highest BCUT2D eigenvalue weighted by molar-refractivity contribution is 7.99. The van der Waals surface area contributed by atoms with Gasteiger partial charge in [-0.2, -0.15) is 5.26 Å². The smallest absolute Gasteiger partial charge is 0.192 e. The Hall–Kier alpha value is -1.93. The Balaban J connectivity index is 2.37. The van der Waals surface area contributed by atoms with Gasteiger partial charge in [-0.25, -0.2) is 14.4 Å². The van der Waals surface area contributed by atoms with E-state index in [1.54, 1.807) is 6.07 Å². The van der Waals surface area contributed by atoms with E-state index in [0.717, 1.165) is 11.4 Å². The molecular weight excluding hydrogens is 249 g/mol. The predicted molar refractivity (Wildman–Crippen MR) is 66.7 cm³/mol. The molecule has 0 unspecified atom stereocenters. The first-order chi connectivity index (χ1) is 8.58. The molecule has 0 N–H and O–H groups in total. The van der Waals surface area contributed by atoms with E-state index < -0.39 is 5.82 Å².